The molecule has 3 rings (SSSR count). The van der Waals surface area contributed by atoms with Crippen LogP contribution in [-0.2, 0) is 27.4 Å². The fourth-order valence-electron chi connectivity index (χ4n) is 3.39. The highest BCUT2D eigenvalue weighted by Gasteiger charge is 2.53. The molecule has 1 aliphatic rings. The predicted molar refractivity (Wildman–Crippen MR) is 101 cm³/mol. The van der Waals surface area contributed by atoms with Gasteiger partial charge in [0, 0.05) is 13.1 Å². The first-order valence-electron chi connectivity index (χ1n) is 9.07. The van der Waals surface area contributed by atoms with Gasteiger partial charge in [-0.15, -0.1) is 0 Å². The van der Waals surface area contributed by atoms with Crippen molar-refractivity contribution in [1.29, 1.82) is 0 Å². The van der Waals surface area contributed by atoms with E-state index in [9.17, 15) is 19.5 Å². The number of esters is 1. The number of hydrogen-bond acceptors (Lipinski definition) is 4. The van der Waals surface area contributed by atoms with Gasteiger partial charge in [-0.05, 0) is 18.1 Å². The lowest BCUT2D eigenvalue weighted by Gasteiger charge is -2.23. The average Bonchev–Trinajstić information content (AvgIpc) is 2.96. The largest absolute Gasteiger partial charge is 0.480 e. The van der Waals surface area contributed by atoms with Crippen LogP contribution in [0.2, 0.25) is 0 Å². The molecule has 1 unspecified atom stereocenters. The monoisotopic (exact) mass is 382 g/mol. The molecule has 7 nitrogen and oxygen atoms in total. The van der Waals surface area contributed by atoms with Crippen LogP contribution in [0.5, 0.6) is 0 Å². The molecular weight excluding hydrogens is 360 g/mol. The summed E-state index contributed by atoms with van der Waals surface area (Å²) in [5, 5.41) is 9.82. The van der Waals surface area contributed by atoms with E-state index in [1.165, 1.54) is 9.80 Å². The number of urea groups is 1. The Labute approximate surface area is 163 Å². The first kappa shape index (κ1) is 19.4. The van der Waals surface area contributed by atoms with Gasteiger partial charge in [-0.3, -0.25) is 0 Å². The van der Waals surface area contributed by atoms with Gasteiger partial charge in [-0.1, -0.05) is 60.7 Å². The Morgan fingerprint density at radius 2 is 1.36 bits per heavy atom. The summed E-state index contributed by atoms with van der Waals surface area (Å²) in [7, 11) is 0. The van der Waals surface area contributed by atoms with Crippen LogP contribution in [-0.4, -0.2) is 51.6 Å². The molecule has 0 spiro atoms. The first-order valence-corrected chi connectivity index (χ1v) is 9.07. The number of carbonyl (C=O) groups excluding carboxylic acids is 2. The highest BCUT2D eigenvalue weighted by molar-refractivity contribution is 5.96. The third kappa shape index (κ3) is 3.98. The van der Waals surface area contributed by atoms with Crippen molar-refractivity contribution >= 4 is 18.0 Å². The van der Waals surface area contributed by atoms with Gasteiger partial charge in [0.15, 0.2) is 12.1 Å². The number of nitrogens with zero attached hydrogens (tertiary/aromatic N) is 2. The van der Waals surface area contributed by atoms with E-state index in [2.05, 4.69) is 0 Å². The number of amides is 2. The van der Waals surface area contributed by atoms with Gasteiger partial charge < -0.3 is 19.6 Å². The van der Waals surface area contributed by atoms with Crippen LogP contribution in [0.15, 0.2) is 60.7 Å². The molecule has 0 bridgehead atoms. The van der Waals surface area contributed by atoms with Crippen LogP contribution in [0.1, 0.15) is 18.1 Å². The number of carboxylic acids is 1. The Morgan fingerprint density at radius 3 is 1.79 bits per heavy atom. The summed E-state index contributed by atoms with van der Waals surface area (Å²) in [4.78, 5) is 40.3. The number of aliphatic carboxylic acids is 1. The number of ether oxygens (including phenoxy) is 1. The fraction of sp³-hybridized carbons (Fsp3) is 0.286. The van der Waals surface area contributed by atoms with Crippen molar-refractivity contribution in [3.63, 3.8) is 0 Å². The van der Waals surface area contributed by atoms with Crippen LogP contribution >= 0.6 is 0 Å². The molecule has 0 aromatic heterocycles. The molecule has 0 saturated carbocycles. The molecule has 7 heteroatoms. The minimum Gasteiger partial charge on any atom is -0.480 e. The van der Waals surface area contributed by atoms with Gasteiger partial charge in [-0.2, -0.15) is 0 Å². The molecule has 2 atom stereocenters. The van der Waals surface area contributed by atoms with Crippen LogP contribution in [0, 0.1) is 0 Å². The maximum Gasteiger partial charge on any atom is 0.331 e. The first-order chi connectivity index (χ1) is 13.5. The zero-order valence-corrected chi connectivity index (χ0v) is 15.5. The van der Waals surface area contributed by atoms with E-state index in [4.69, 9.17) is 4.74 Å². The van der Waals surface area contributed by atoms with Crippen molar-refractivity contribution in [2.24, 2.45) is 0 Å². The highest BCUT2D eigenvalue weighted by Crippen LogP contribution is 2.28. The zero-order valence-electron chi connectivity index (χ0n) is 15.5. The second kappa shape index (κ2) is 8.56. The molecule has 2 aromatic rings. The standard InChI is InChI=1S/C21H22N2O5/c1-2-28-20(26)18-17(19(24)25)22(13-15-9-5-3-6-10-15)21(27)23(18)14-16-11-7-4-8-12-16/h3-12,17-18H,2,13-14H2,1H3,(H,24,25)/t17?,18-/m0/s1. The van der Waals surface area contributed by atoms with Gasteiger partial charge in [0.25, 0.3) is 0 Å². The maximum absolute atomic E-state index is 13.1. The SMILES string of the molecule is CCOC(=O)[C@@H]1C(C(=O)O)N(Cc2ccccc2)C(=O)N1Cc1ccccc1. The molecule has 146 valence electrons. The second-order valence-corrected chi connectivity index (χ2v) is 6.49. The lowest BCUT2D eigenvalue weighted by Crippen LogP contribution is -2.48. The Morgan fingerprint density at radius 1 is 0.893 bits per heavy atom. The van der Waals surface area contributed by atoms with Crippen LogP contribution in [0.25, 0.3) is 0 Å². The molecular formula is C21H22N2O5. The zero-order chi connectivity index (χ0) is 20.1. The summed E-state index contributed by atoms with van der Waals surface area (Å²) in [6.45, 7) is 1.97. The lowest BCUT2D eigenvalue weighted by atomic mass is 10.1. The number of benzene rings is 2. The number of carbonyl (C=O) groups is 3. The molecule has 28 heavy (non-hydrogen) atoms. The van der Waals surface area contributed by atoms with E-state index in [0.29, 0.717) is 0 Å². The Balaban J connectivity index is 1.96. The van der Waals surface area contributed by atoms with Crippen molar-refractivity contribution in [2.45, 2.75) is 32.1 Å². The topological polar surface area (TPSA) is 87.1 Å². The van der Waals surface area contributed by atoms with Crippen molar-refractivity contribution < 1.29 is 24.2 Å². The minimum atomic E-state index is -1.32. The van der Waals surface area contributed by atoms with Gasteiger partial charge in [0.05, 0.1) is 6.61 Å². The summed E-state index contributed by atoms with van der Waals surface area (Å²) in [5.41, 5.74) is 1.59. The van der Waals surface area contributed by atoms with Gasteiger partial charge >= 0.3 is 18.0 Å². The smallest absolute Gasteiger partial charge is 0.331 e. The Bertz CT molecular complexity index is 840. The maximum atomic E-state index is 13.1. The van der Waals surface area contributed by atoms with Gasteiger partial charge in [0.2, 0.25) is 0 Å². The predicted octanol–water partition coefficient (Wildman–Crippen LogP) is 2.51. The Kier molecular flexibility index (Phi) is 5.93. The normalized spacial score (nSPS) is 19.0. The fourth-order valence-corrected chi connectivity index (χ4v) is 3.39. The van der Waals surface area contributed by atoms with E-state index in [-0.39, 0.29) is 19.7 Å². The van der Waals surface area contributed by atoms with Crippen molar-refractivity contribution in [3.05, 3.63) is 71.8 Å². The van der Waals surface area contributed by atoms with Crippen LogP contribution in [0.3, 0.4) is 0 Å². The second-order valence-electron chi connectivity index (χ2n) is 6.49. The van der Waals surface area contributed by atoms with E-state index in [1.54, 1.807) is 6.92 Å². The van der Waals surface area contributed by atoms with Crippen molar-refractivity contribution in [2.75, 3.05) is 6.61 Å². The Hall–Kier alpha value is -3.35. The summed E-state index contributed by atoms with van der Waals surface area (Å²) in [5.74, 6) is -1.95. The highest BCUT2D eigenvalue weighted by atomic mass is 16.5. The number of rotatable bonds is 7. The molecule has 1 N–H and O–H groups in total. The molecule has 0 aliphatic carbocycles. The average molecular weight is 382 g/mol. The van der Waals surface area contributed by atoms with E-state index >= 15 is 0 Å². The third-order valence-electron chi connectivity index (χ3n) is 4.63. The van der Waals surface area contributed by atoms with Gasteiger partial charge in [-0.25, -0.2) is 14.4 Å². The van der Waals surface area contributed by atoms with E-state index in [1.807, 2.05) is 60.7 Å². The molecule has 1 aliphatic heterocycles. The number of hydrogen-bond donors (Lipinski definition) is 1. The molecule has 1 fully saturated rings. The summed E-state index contributed by atoms with van der Waals surface area (Å²) in [6, 6.07) is 15.2. The van der Waals surface area contributed by atoms with Crippen LogP contribution < -0.4 is 0 Å². The molecule has 1 saturated heterocycles. The molecule has 2 aromatic carbocycles. The van der Waals surface area contributed by atoms with Crippen molar-refractivity contribution in [3.8, 4) is 0 Å². The summed E-state index contributed by atoms with van der Waals surface area (Å²) < 4.78 is 5.10. The van der Waals surface area contributed by atoms with Crippen LogP contribution in [0.4, 0.5) is 4.79 Å². The summed E-state index contributed by atoms with van der Waals surface area (Å²) >= 11 is 0. The molecule has 1 heterocycles. The quantitative estimate of drug-likeness (QED) is 0.744. The molecule has 0 radical (unpaired) electrons. The molecule has 2 amide bonds. The summed E-state index contributed by atoms with van der Waals surface area (Å²) in [6.07, 6.45) is 0. The van der Waals surface area contributed by atoms with Crippen molar-refractivity contribution in [1.82, 2.24) is 9.80 Å². The third-order valence-corrected chi connectivity index (χ3v) is 4.63. The van der Waals surface area contributed by atoms with E-state index in [0.717, 1.165) is 11.1 Å². The van der Waals surface area contributed by atoms with Gasteiger partial charge in [0.1, 0.15) is 0 Å². The van der Waals surface area contributed by atoms with E-state index < -0.39 is 30.1 Å². The minimum absolute atomic E-state index is 0.0951. The lowest BCUT2D eigenvalue weighted by molar-refractivity contribution is -0.155. The number of carboxylic acid groups (broad SMARTS) is 1.